The molecule has 162 valence electrons. The molecule has 1 N–H and O–H groups in total. The van der Waals surface area contributed by atoms with Gasteiger partial charge in [-0.2, -0.15) is 0 Å². The van der Waals surface area contributed by atoms with E-state index in [4.69, 9.17) is 4.74 Å². The van der Waals surface area contributed by atoms with Gasteiger partial charge in [0.1, 0.15) is 23.0 Å². The number of esters is 1. The van der Waals surface area contributed by atoms with Gasteiger partial charge in [-0.05, 0) is 30.2 Å². The quantitative estimate of drug-likeness (QED) is 0.637. The number of rotatable bonds is 3. The van der Waals surface area contributed by atoms with Gasteiger partial charge in [-0.1, -0.05) is 18.2 Å². The van der Waals surface area contributed by atoms with Crippen molar-refractivity contribution in [2.45, 2.75) is 17.9 Å². The minimum absolute atomic E-state index is 0.143. The number of hydrogen-bond donors (Lipinski definition) is 1. The van der Waals surface area contributed by atoms with E-state index in [1.165, 1.54) is 25.4 Å². The standard InChI is InChI=1S/C23H21N5O4/c1-27-12-10-24-19(27)18-23(15-5-3-4-6-16(15)26-22(23)31)9-11-28(18)20(29)17-8-7-14(13-25-17)21(30)32-2/h3-8,10,12-13,18H,9,11H2,1-2H3,(H,26,31)/t18-,23+/m0/s1. The van der Waals surface area contributed by atoms with Crippen LogP contribution in [0.25, 0.3) is 0 Å². The van der Waals surface area contributed by atoms with Crippen molar-refractivity contribution in [3.8, 4) is 0 Å². The Kier molecular flexibility index (Phi) is 4.54. The molecule has 2 aromatic heterocycles. The summed E-state index contributed by atoms with van der Waals surface area (Å²) in [5, 5.41) is 2.99. The zero-order valence-electron chi connectivity index (χ0n) is 17.6. The predicted octanol–water partition coefficient (Wildman–Crippen LogP) is 2.08. The summed E-state index contributed by atoms with van der Waals surface area (Å²) < 4.78 is 6.53. The third kappa shape index (κ3) is 2.74. The number of hydrogen-bond acceptors (Lipinski definition) is 6. The first-order valence-electron chi connectivity index (χ1n) is 10.2. The fourth-order valence-corrected chi connectivity index (χ4v) is 4.81. The molecule has 1 spiro atoms. The monoisotopic (exact) mass is 431 g/mol. The lowest BCUT2D eigenvalue weighted by molar-refractivity contribution is -0.121. The first-order chi connectivity index (χ1) is 15.5. The van der Waals surface area contributed by atoms with Crippen molar-refractivity contribution in [2.75, 3.05) is 19.0 Å². The van der Waals surface area contributed by atoms with E-state index < -0.39 is 17.4 Å². The number of para-hydroxylation sites is 1. The molecule has 32 heavy (non-hydrogen) atoms. The van der Waals surface area contributed by atoms with Gasteiger partial charge < -0.3 is 19.5 Å². The normalized spacial score (nSPS) is 21.5. The highest BCUT2D eigenvalue weighted by molar-refractivity contribution is 6.08. The molecule has 0 unspecified atom stereocenters. The maximum Gasteiger partial charge on any atom is 0.339 e. The van der Waals surface area contributed by atoms with Crippen molar-refractivity contribution in [2.24, 2.45) is 7.05 Å². The summed E-state index contributed by atoms with van der Waals surface area (Å²) in [6, 6.07) is 9.96. The summed E-state index contributed by atoms with van der Waals surface area (Å²) in [5.41, 5.74) is 1.11. The lowest BCUT2D eigenvalue weighted by Gasteiger charge is -2.33. The molecule has 0 aliphatic carbocycles. The van der Waals surface area contributed by atoms with Gasteiger partial charge >= 0.3 is 5.97 Å². The molecule has 2 aliphatic rings. The molecule has 0 bridgehead atoms. The molecule has 9 heteroatoms. The van der Waals surface area contributed by atoms with E-state index in [9.17, 15) is 14.4 Å². The van der Waals surface area contributed by atoms with Crippen molar-refractivity contribution in [1.82, 2.24) is 19.4 Å². The molecule has 1 fully saturated rings. The highest BCUT2D eigenvalue weighted by Crippen LogP contribution is 2.54. The Bertz CT molecular complexity index is 1240. The Labute approximate surface area is 184 Å². The van der Waals surface area contributed by atoms with E-state index in [0.717, 1.165) is 11.3 Å². The second kappa shape index (κ2) is 7.30. The minimum Gasteiger partial charge on any atom is -0.465 e. The number of methoxy groups -OCH3 is 1. The third-order valence-electron chi connectivity index (χ3n) is 6.35. The summed E-state index contributed by atoms with van der Waals surface area (Å²) in [5.74, 6) is -0.380. The highest BCUT2D eigenvalue weighted by Gasteiger charge is 2.60. The lowest BCUT2D eigenvalue weighted by atomic mass is 9.74. The molecule has 2 aliphatic heterocycles. The Balaban J connectivity index is 1.59. The zero-order chi connectivity index (χ0) is 22.5. The third-order valence-corrected chi connectivity index (χ3v) is 6.35. The highest BCUT2D eigenvalue weighted by atomic mass is 16.5. The van der Waals surface area contributed by atoms with Crippen LogP contribution >= 0.6 is 0 Å². The maximum absolute atomic E-state index is 13.6. The van der Waals surface area contributed by atoms with E-state index in [2.05, 4.69) is 15.3 Å². The fourth-order valence-electron chi connectivity index (χ4n) is 4.81. The van der Waals surface area contributed by atoms with Crippen LogP contribution in [-0.2, 0) is 22.0 Å². The molecule has 2 amide bonds. The Morgan fingerprint density at radius 3 is 2.69 bits per heavy atom. The number of nitrogens with one attached hydrogen (secondary N) is 1. The van der Waals surface area contributed by atoms with Crippen LogP contribution in [-0.4, -0.2) is 50.9 Å². The second-order valence-electron chi connectivity index (χ2n) is 7.94. The van der Waals surface area contributed by atoms with Crippen LogP contribution in [0.3, 0.4) is 0 Å². The number of likely N-dealkylation sites (tertiary alicyclic amines) is 1. The lowest BCUT2D eigenvalue weighted by Crippen LogP contribution is -2.44. The van der Waals surface area contributed by atoms with Crippen molar-refractivity contribution in [3.05, 3.63) is 77.6 Å². The summed E-state index contributed by atoms with van der Waals surface area (Å²) in [6.45, 7) is 0.360. The number of aryl methyl sites for hydroxylation is 1. The van der Waals surface area contributed by atoms with Crippen molar-refractivity contribution < 1.29 is 19.1 Å². The molecule has 2 atom stereocenters. The van der Waals surface area contributed by atoms with Crippen LogP contribution in [0.15, 0.2) is 55.0 Å². The molecule has 1 aromatic carbocycles. The Morgan fingerprint density at radius 1 is 1.19 bits per heavy atom. The smallest absolute Gasteiger partial charge is 0.339 e. The minimum atomic E-state index is -0.947. The fraction of sp³-hybridized carbons (Fsp3) is 0.261. The number of carbonyl (C=O) groups is 3. The van der Waals surface area contributed by atoms with Gasteiger partial charge in [0.15, 0.2) is 0 Å². The van der Waals surface area contributed by atoms with Crippen LogP contribution in [0, 0.1) is 0 Å². The topological polar surface area (TPSA) is 106 Å². The van der Waals surface area contributed by atoms with Crippen molar-refractivity contribution in [1.29, 1.82) is 0 Å². The molecule has 5 rings (SSSR count). The number of imidazole rings is 1. The molecular formula is C23H21N5O4. The summed E-state index contributed by atoms with van der Waals surface area (Å²) >= 11 is 0. The van der Waals surface area contributed by atoms with Gasteiger partial charge in [0.2, 0.25) is 5.91 Å². The SMILES string of the molecule is COC(=O)c1ccc(C(=O)N2CC[C@]3(C(=O)Nc4ccccc43)[C@@H]2c2nccn2C)nc1. The van der Waals surface area contributed by atoms with Gasteiger partial charge in [-0.3, -0.25) is 14.6 Å². The molecule has 4 heterocycles. The Hall–Kier alpha value is -4.01. The second-order valence-corrected chi connectivity index (χ2v) is 7.94. The van der Waals surface area contributed by atoms with Crippen LogP contribution in [0.1, 0.15) is 44.7 Å². The summed E-state index contributed by atoms with van der Waals surface area (Å²) in [4.78, 5) is 49.0. The summed E-state index contributed by atoms with van der Waals surface area (Å²) in [6.07, 6.45) is 5.23. The van der Waals surface area contributed by atoms with E-state index >= 15 is 0 Å². The van der Waals surface area contributed by atoms with E-state index in [1.807, 2.05) is 35.9 Å². The average Bonchev–Trinajstić information content (AvgIpc) is 3.49. The number of pyridine rings is 1. The largest absolute Gasteiger partial charge is 0.465 e. The first kappa shape index (κ1) is 19.9. The maximum atomic E-state index is 13.6. The molecular weight excluding hydrogens is 410 g/mol. The number of amides is 2. The van der Waals surface area contributed by atoms with Gasteiger partial charge in [-0.15, -0.1) is 0 Å². The molecule has 1 saturated heterocycles. The van der Waals surface area contributed by atoms with Gasteiger partial charge in [-0.25, -0.2) is 9.78 Å². The number of carbonyl (C=O) groups excluding carboxylic acids is 3. The molecule has 0 radical (unpaired) electrons. The first-order valence-corrected chi connectivity index (χ1v) is 10.2. The van der Waals surface area contributed by atoms with Gasteiger partial charge in [0.05, 0.1) is 12.7 Å². The number of anilines is 1. The number of nitrogens with zero attached hydrogens (tertiary/aromatic N) is 4. The molecule has 0 saturated carbocycles. The zero-order valence-corrected chi connectivity index (χ0v) is 17.6. The van der Waals surface area contributed by atoms with Gasteiger partial charge in [0.25, 0.3) is 5.91 Å². The van der Waals surface area contributed by atoms with Crippen molar-refractivity contribution in [3.63, 3.8) is 0 Å². The van der Waals surface area contributed by atoms with Gasteiger partial charge in [0, 0.05) is 37.9 Å². The van der Waals surface area contributed by atoms with Crippen LogP contribution in [0.2, 0.25) is 0 Å². The summed E-state index contributed by atoms with van der Waals surface area (Å²) in [7, 11) is 3.13. The molecule has 9 nitrogen and oxygen atoms in total. The molecule has 3 aromatic rings. The number of benzene rings is 1. The predicted molar refractivity (Wildman–Crippen MR) is 114 cm³/mol. The van der Waals surface area contributed by atoms with Crippen LogP contribution in [0.4, 0.5) is 5.69 Å². The Morgan fingerprint density at radius 2 is 2.00 bits per heavy atom. The number of aromatic nitrogens is 3. The number of fused-ring (bicyclic) bond motifs is 2. The van der Waals surface area contributed by atoms with E-state index in [-0.39, 0.29) is 23.1 Å². The van der Waals surface area contributed by atoms with E-state index in [1.54, 1.807) is 17.3 Å². The van der Waals surface area contributed by atoms with Crippen LogP contribution < -0.4 is 5.32 Å². The average molecular weight is 431 g/mol. The van der Waals surface area contributed by atoms with Crippen molar-refractivity contribution >= 4 is 23.5 Å². The van der Waals surface area contributed by atoms with Crippen LogP contribution in [0.5, 0.6) is 0 Å². The number of ether oxygens (including phenoxy) is 1. The van der Waals surface area contributed by atoms with E-state index in [0.29, 0.717) is 18.8 Å².